The van der Waals surface area contributed by atoms with E-state index in [9.17, 15) is 14.4 Å². The quantitative estimate of drug-likeness (QED) is 0.763. The summed E-state index contributed by atoms with van der Waals surface area (Å²) in [5.41, 5.74) is 2.06. The van der Waals surface area contributed by atoms with Crippen molar-refractivity contribution in [1.82, 2.24) is 25.7 Å². The Labute approximate surface area is 156 Å². The summed E-state index contributed by atoms with van der Waals surface area (Å²) in [4.78, 5) is 39.9. The zero-order valence-corrected chi connectivity index (χ0v) is 15.4. The average Bonchev–Trinajstić information content (AvgIpc) is 3.21. The Bertz CT molecular complexity index is 851. The molecule has 0 saturated carbocycles. The molecule has 0 aliphatic carbocycles. The molecule has 0 bridgehead atoms. The fourth-order valence-corrected chi connectivity index (χ4v) is 2.55. The van der Waals surface area contributed by atoms with Gasteiger partial charge in [0.1, 0.15) is 6.54 Å². The maximum absolute atomic E-state index is 11.9. The fourth-order valence-electron chi connectivity index (χ4n) is 2.55. The van der Waals surface area contributed by atoms with E-state index in [2.05, 4.69) is 41.5 Å². The first-order valence-electron chi connectivity index (χ1n) is 8.52. The van der Waals surface area contributed by atoms with Crippen LogP contribution in [0, 0.1) is 0 Å². The molecule has 1 aliphatic rings. The normalized spacial score (nSPS) is 14.4. The largest absolute Gasteiger partial charge is 0.345 e. The van der Waals surface area contributed by atoms with Gasteiger partial charge in [0.2, 0.25) is 17.6 Å². The van der Waals surface area contributed by atoms with Crippen LogP contribution in [0.5, 0.6) is 0 Å². The van der Waals surface area contributed by atoms with Crippen LogP contribution in [0.1, 0.15) is 32.2 Å². The van der Waals surface area contributed by atoms with Gasteiger partial charge in [-0.2, -0.15) is 4.98 Å². The molecule has 0 atom stereocenters. The van der Waals surface area contributed by atoms with Crippen molar-refractivity contribution >= 4 is 17.8 Å². The summed E-state index contributed by atoms with van der Waals surface area (Å²) in [5.74, 6) is -0.270. The maximum atomic E-state index is 11.9. The predicted octanol–water partition coefficient (Wildman–Crippen LogP) is 1.20. The van der Waals surface area contributed by atoms with Crippen molar-refractivity contribution in [1.29, 1.82) is 0 Å². The Hall–Kier alpha value is -3.23. The summed E-state index contributed by atoms with van der Waals surface area (Å²) >= 11 is 0. The second-order valence-corrected chi connectivity index (χ2v) is 7.25. The number of hydrogen-bond donors (Lipinski definition) is 2. The Morgan fingerprint density at radius 2 is 1.96 bits per heavy atom. The Balaban J connectivity index is 1.57. The minimum Gasteiger partial charge on any atom is -0.345 e. The monoisotopic (exact) mass is 371 g/mol. The van der Waals surface area contributed by atoms with E-state index in [4.69, 9.17) is 4.52 Å². The van der Waals surface area contributed by atoms with E-state index in [0.29, 0.717) is 5.82 Å². The molecule has 2 heterocycles. The van der Waals surface area contributed by atoms with Gasteiger partial charge in [-0.3, -0.25) is 14.5 Å². The zero-order valence-electron chi connectivity index (χ0n) is 15.4. The van der Waals surface area contributed by atoms with E-state index in [1.54, 1.807) is 0 Å². The first-order chi connectivity index (χ1) is 12.7. The van der Waals surface area contributed by atoms with Crippen LogP contribution >= 0.6 is 0 Å². The minimum absolute atomic E-state index is 0.00948. The fraction of sp³-hybridized carbons (Fsp3) is 0.389. The van der Waals surface area contributed by atoms with E-state index in [0.717, 1.165) is 10.5 Å². The van der Waals surface area contributed by atoms with Gasteiger partial charge in [0.05, 0.1) is 13.1 Å². The van der Waals surface area contributed by atoms with Crippen molar-refractivity contribution < 1.29 is 18.9 Å². The van der Waals surface area contributed by atoms with E-state index >= 15 is 0 Å². The van der Waals surface area contributed by atoms with Gasteiger partial charge in [0.15, 0.2) is 0 Å². The van der Waals surface area contributed by atoms with Gasteiger partial charge < -0.3 is 15.2 Å². The van der Waals surface area contributed by atoms with Crippen molar-refractivity contribution in [2.24, 2.45) is 0 Å². The average molecular weight is 371 g/mol. The molecular formula is C18H21N5O4. The first kappa shape index (κ1) is 18.6. The minimum atomic E-state index is -0.575. The highest BCUT2D eigenvalue weighted by atomic mass is 16.5. The van der Waals surface area contributed by atoms with Crippen LogP contribution in [0.25, 0.3) is 11.4 Å². The number of nitrogens with one attached hydrogen (secondary N) is 2. The topological polar surface area (TPSA) is 117 Å². The molecule has 1 aromatic carbocycles. The number of imide groups is 1. The summed E-state index contributed by atoms with van der Waals surface area (Å²) in [6.07, 6.45) is 0. The predicted molar refractivity (Wildman–Crippen MR) is 95.4 cm³/mol. The van der Waals surface area contributed by atoms with Crippen LogP contribution in [-0.2, 0) is 21.5 Å². The number of nitrogens with zero attached hydrogens (tertiary/aromatic N) is 3. The van der Waals surface area contributed by atoms with Gasteiger partial charge in [-0.05, 0) is 11.0 Å². The molecule has 9 nitrogen and oxygen atoms in total. The third kappa shape index (κ3) is 4.30. The summed E-state index contributed by atoms with van der Waals surface area (Å²) in [7, 11) is 0. The van der Waals surface area contributed by atoms with Gasteiger partial charge >= 0.3 is 6.03 Å². The number of urea groups is 1. The number of amides is 4. The molecule has 2 N–H and O–H groups in total. The molecule has 1 aromatic heterocycles. The number of carbonyl (C=O) groups excluding carboxylic acids is 3. The zero-order chi connectivity index (χ0) is 19.6. The Morgan fingerprint density at radius 1 is 1.26 bits per heavy atom. The van der Waals surface area contributed by atoms with E-state index in [-0.39, 0.29) is 30.9 Å². The molecule has 3 rings (SSSR count). The van der Waals surface area contributed by atoms with Gasteiger partial charge in [0, 0.05) is 5.56 Å². The lowest BCUT2D eigenvalue weighted by molar-refractivity contribution is -0.130. The summed E-state index contributed by atoms with van der Waals surface area (Å²) in [6, 6.07) is 7.31. The SMILES string of the molecule is CC(C)(C)c1ccc(-c2noc(CNC(=O)CN3C(=O)CNC3=O)n2)cc1. The highest BCUT2D eigenvalue weighted by molar-refractivity contribution is 6.04. The molecule has 9 heteroatoms. The Kier molecular flexibility index (Phi) is 4.93. The second-order valence-electron chi connectivity index (χ2n) is 7.25. The molecule has 142 valence electrons. The molecular weight excluding hydrogens is 350 g/mol. The smallest absolute Gasteiger partial charge is 0.325 e. The number of hydrogen-bond acceptors (Lipinski definition) is 6. The molecule has 0 unspecified atom stereocenters. The van der Waals surface area contributed by atoms with Crippen LogP contribution < -0.4 is 10.6 Å². The number of rotatable bonds is 5. The van der Waals surface area contributed by atoms with Crippen LogP contribution in [0.2, 0.25) is 0 Å². The van der Waals surface area contributed by atoms with Crippen LogP contribution in [-0.4, -0.2) is 46.0 Å². The lowest BCUT2D eigenvalue weighted by Gasteiger charge is -2.18. The van der Waals surface area contributed by atoms with Crippen molar-refractivity contribution in [3.05, 3.63) is 35.7 Å². The van der Waals surface area contributed by atoms with Gasteiger partial charge in [-0.25, -0.2) is 4.79 Å². The van der Waals surface area contributed by atoms with Gasteiger partial charge in [-0.1, -0.05) is 50.2 Å². The first-order valence-corrected chi connectivity index (χ1v) is 8.52. The van der Waals surface area contributed by atoms with Crippen molar-refractivity contribution in [3.63, 3.8) is 0 Å². The molecule has 27 heavy (non-hydrogen) atoms. The standard InChI is InChI=1S/C18H21N5O4/c1-18(2,3)12-6-4-11(5-7-12)16-21-14(27-22-16)8-19-13(24)10-23-15(25)9-20-17(23)26/h4-7H,8-10H2,1-3H3,(H,19,24)(H,20,26). The van der Waals surface area contributed by atoms with Crippen LogP contribution in [0.3, 0.4) is 0 Å². The second kappa shape index (κ2) is 7.18. The third-order valence-corrected chi connectivity index (χ3v) is 4.15. The van der Waals surface area contributed by atoms with E-state index in [1.165, 1.54) is 5.56 Å². The van der Waals surface area contributed by atoms with Crippen LogP contribution in [0.15, 0.2) is 28.8 Å². The molecule has 0 radical (unpaired) electrons. The molecule has 2 aromatic rings. The lowest BCUT2D eigenvalue weighted by atomic mass is 9.87. The highest BCUT2D eigenvalue weighted by Crippen LogP contribution is 2.24. The lowest BCUT2D eigenvalue weighted by Crippen LogP contribution is -2.40. The van der Waals surface area contributed by atoms with Gasteiger partial charge in [0.25, 0.3) is 5.91 Å². The number of aromatic nitrogens is 2. The van der Waals surface area contributed by atoms with Crippen molar-refractivity contribution in [2.45, 2.75) is 32.7 Å². The molecule has 1 aliphatic heterocycles. The highest BCUT2D eigenvalue weighted by Gasteiger charge is 2.30. The number of carbonyl (C=O) groups is 3. The van der Waals surface area contributed by atoms with E-state index < -0.39 is 17.8 Å². The summed E-state index contributed by atoms with van der Waals surface area (Å²) < 4.78 is 5.14. The molecule has 0 spiro atoms. The van der Waals surface area contributed by atoms with Gasteiger partial charge in [-0.15, -0.1) is 0 Å². The third-order valence-electron chi connectivity index (χ3n) is 4.15. The molecule has 1 fully saturated rings. The maximum Gasteiger partial charge on any atom is 0.325 e. The summed E-state index contributed by atoms with van der Waals surface area (Å²) in [6.45, 7) is 5.98. The van der Waals surface area contributed by atoms with Crippen molar-refractivity contribution in [2.75, 3.05) is 13.1 Å². The molecule has 1 saturated heterocycles. The molecule has 4 amide bonds. The van der Waals surface area contributed by atoms with E-state index in [1.807, 2.05) is 24.3 Å². The van der Waals surface area contributed by atoms with Crippen molar-refractivity contribution in [3.8, 4) is 11.4 Å². The van der Waals surface area contributed by atoms with Crippen LogP contribution in [0.4, 0.5) is 4.79 Å². The summed E-state index contributed by atoms with van der Waals surface area (Å²) in [5, 5.41) is 8.82. The Morgan fingerprint density at radius 3 is 2.56 bits per heavy atom. The number of benzene rings is 1.